The van der Waals surface area contributed by atoms with Crippen LogP contribution in [-0.2, 0) is 0 Å². The summed E-state index contributed by atoms with van der Waals surface area (Å²) in [6.45, 7) is 1.73. The Hall–Kier alpha value is -0.510. The first-order valence-corrected chi connectivity index (χ1v) is 5.17. The summed E-state index contributed by atoms with van der Waals surface area (Å²) < 4.78 is 0.789. The largest absolute Gasteiger partial charge is 0.506 e. The summed E-state index contributed by atoms with van der Waals surface area (Å²) >= 11 is 9.05. The number of aliphatic hydroxyl groups is 1. The highest BCUT2D eigenvalue weighted by Gasteiger charge is 2.05. The number of hydrogen-bond acceptors (Lipinski definition) is 2. The Morgan fingerprint density at radius 3 is 2.79 bits per heavy atom. The molecule has 0 radical (unpaired) electrons. The van der Waals surface area contributed by atoms with Gasteiger partial charge in [-0.1, -0.05) is 27.5 Å². The minimum absolute atomic E-state index is 0.0302. The molecule has 0 atom stereocenters. The first-order chi connectivity index (χ1) is 6.54. The van der Waals surface area contributed by atoms with Gasteiger partial charge >= 0.3 is 0 Å². The minimum Gasteiger partial charge on any atom is -0.506 e. The Kier molecular flexibility index (Phi) is 3.98. The van der Waals surface area contributed by atoms with E-state index in [0.717, 1.165) is 10.0 Å². The Bertz CT molecular complexity index is 375. The van der Waals surface area contributed by atoms with E-state index in [2.05, 4.69) is 15.9 Å². The molecule has 0 aliphatic heterocycles. The molecule has 76 valence electrons. The summed E-state index contributed by atoms with van der Waals surface area (Å²) in [5.74, 6) is 0.0302. The predicted molar refractivity (Wildman–Crippen MR) is 61.6 cm³/mol. The van der Waals surface area contributed by atoms with Crippen molar-refractivity contribution in [2.24, 2.45) is 0 Å². The molecule has 0 aliphatic carbocycles. The SMILES string of the molecule is C/C(=C\c1cc(Br)cc(Cl)c1O)CO. The van der Waals surface area contributed by atoms with E-state index in [0.29, 0.717) is 5.56 Å². The predicted octanol–water partition coefficient (Wildman–Crippen LogP) is 3.20. The summed E-state index contributed by atoms with van der Waals surface area (Å²) in [6, 6.07) is 3.35. The van der Waals surface area contributed by atoms with Crippen LogP contribution in [0.3, 0.4) is 0 Å². The zero-order valence-corrected chi connectivity index (χ0v) is 9.93. The summed E-state index contributed by atoms with van der Waals surface area (Å²) in [7, 11) is 0. The number of aromatic hydroxyl groups is 1. The van der Waals surface area contributed by atoms with Crippen LogP contribution in [0.25, 0.3) is 6.08 Å². The maximum atomic E-state index is 9.59. The van der Waals surface area contributed by atoms with Gasteiger partial charge in [-0.25, -0.2) is 0 Å². The minimum atomic E-state index is -0.0381. The van der Waals surface area contributed by atoms with Gasteiger partial charge in [-0.3, -0.25) is 0 Å². The van der Waals surface area contributed by atoms with Crippen LogP contribution in [0, 0.1) is 0 Å². The van der Waals surface area contributed by atoms with Crippen LogP contribution < -0.4 is 0 Å². The second-order valence-corrected chi connectivity index (χ2v) is 4.30. The molecule has 2 N–H and O–H groups in total. The molecule has 0 heterocycles. The van der Waals surface area contributed by atoms with Crippen LogP contribution in [0.1, 0.15) is 12.5 Å². The van der Waals surface area contributed by atoms with E-state index >= 15 is 0 Å². The molecule has 0 saturated carbocycles. The van der Waals surface area contributed by atoms with Crippen LogP contribution >= 0.6 is 27.5 Å². The maximum absolute atomic E-state index is 9.59. The van der Waals surface area contributed by atoms with Gasteiger partial charge in [0.15, 0.2) is 0 Å². The van der Waals surface area contributed by atoms with Gasteiger partial charge in [0.05, 0.1) is 11.6 Å². The van der Waals surface area contributed by atoms with Gasteiger partial charge in [-0.05, 0) is 30.7 Å². The molecular formula is C10H10BrClO2. The molecule has 0 aliphatic rings. The van der Waals surface area contributed by atoms with Crippen molar-refractivity contribution in [3.8, 4) is 5.75 Å². The molecule has 0 aromatic heterocycles. The zero-order valence-electron chi connectivity index (χ0n) is 7.59. The molecule has 1 aromatic carbocycles. The average molecular weight is 278 g/mol. The van der Waals surface area contributed by atoms with Gasteiger partial charge in [-0.15, -0.1) is 0 Å². The number of hydrogen-bond donors (Lipinski definition) is 2. The third kappa shape index (κ3) is 2.74. The normalized spacial score (nSPS) is 11.9. The standard InChI is InChI=1S/C10H10BrClO2/c1-6(5-13)2-7-3-8(11)4-9(12)10(7)14/h2-4,13-14H,5H2,1H3/b6-2+. The van der Waals surface area contributed by atoms with Crippen molar-refractivity contribution in [1.29, 1.82) is 0 Å². The Morgan fingerprint density at radius 2 is 2.21 bits per heavy atom. The van der Waals surface area contributed by atoms with Crippen molar-refractivity contribution < 1.29 is 10.2 Å². The van der Waals surface area contributed by atoms with E-state index in [-0.39, 0.29) is 17.4 Å². The van der Waals surface area contributed by atoms with E-state index in [4.69, 9.17) is 16.7 Å². The van der Waals surface area contributed by atoms with E-state index in [1.807, 2.05) is 0 Å². The van der Waals surface area contributed by atoms with E-state index in [1.165, 1.54) is 0 Å². The lowest BCUT2D eigenvalue weighted by Gasteiger charge is -2.04. The second kappa shape index (κ2) is 4.82. The third-order valence-electron chi connectivity index (χ3n) is 1.71. The van der Waals surface area contributed by atoms with Gasteiger partial charge in [-0.2, -0.15) is 0 Å². The molecular weight excluding hydrogens is 267 g/mol. The number of rotatable bonds is 2. The average Bonchev–Trinajstić information content (AvgIpc) is 2.13. The van der Waals surface area contributed by atoms with E-state index in [9.17, 15) is 5.11 Å². The topological polar surface area (TPSA) is 40.5 Å². The second-order valence-electron chi connectivity index (χ2n) is 2.97. The van der Waals surface area contributed by atoms with Gasteiger partial charge in [0.1, 0.15) is 5.75 Å². The monoisotopic (exact) mass is 276 g/mol. The van der Waals surface area contributed by atoms with E-state index in [1.54, 1.807) is 25.1 Å². The van der Waals surface area contributed by atoms with Crippen molar-refractivity contribution in [2.75, 3.05) is 6.61 Å². The quantitative estimate of drug-likeness (QED) is 0.871. The molecule has 0 bridgehead atoms. The highest BCUT2D eigenvalue weighted by atomic mass is 79.9. The van der Waals surface area contributed by atoms with Crippen molar-refractivity contribution >= 4 is 33.6 Å². The molecule has 1 aromatic rings. The number of phenols is 1. The highest BCUT2D eigenvalue weighted by Crippen LogP contribution is 2.32. The Morgan fingerprint density at radius 1 is 1.57 bits per heavy atom. The molecule has 2 nitrogen and oxygen atoms in total. The molecule has 4 heteroatoms. The summed E-state index contributed by atoms with van der Waals surface area (Å²) in [6.07, 6.45) is 1.69. The van der Waals surface area contributed by atoms with Crippen molar-refractivity contribution in [3.63, 3.8) is 0 Å². The van der Waals surface area contributed by atoms with Crippen molar-refractivity contribution in [2.45, 2.75) is 6.92 Å². The molecule has 0 amide bonds. The Balaban J connectivity index is 3.21. The fourth-order valence-electron chi connectivity index (χ4n) is 1.01. The molecule has 0 spiro atoms. The van der Waals surface area contributed by atoms with Crippen LogP contribution in [0.2, 0.25) is 5.02 Å². The smallest absolute Gasteiger partial charge is 0.141 e. The van der Waals surface area contributed by atoms with Crippen LogP contribution in [0.5, 0.6) is 5.75 Å². The van der Waals surface area contributed by atoms with Gasteiger partial charge < -0.3 is 10.2 Å². The van der Waals surface area contributed by atoms with Crippen molar-refractivity contribution in [1.82, 2.24) is 0 Å². The summed E-state index contributed by atoms with van der Waals surface area (Å²) in [5.41, 5.74) is 1.35. The lowest BCUT2D eigenvalue weighted by Crippen LogP contribution is -1.85. The van der Waals surface area contributed by atoms with Crippen molar-refractivity contribution in [3.05, 3.63) is 32.8 Å². The molecule has 0 fully saturated rings. The summed E-state index contributed by atoms with van der Waals surface area (Å²) in [5, 5.41) is 18.7. The van der Waals surface area contributed by atoms with Gasteiger partial charge in [0.25, 0.3) is 0 Å². The van der Waals surface area contributed by atoms with Crippen LogP contribution in [0.4, 0.5) is 0 Å². The fourth-order valence-corrected chi connectivity index (χ4v) is 1.84. The van der Waals surface area contributed by atoms with E-state index < -0.39 is 0 Å². The number of aliphatic hydroxyl groups excluding tert-OH is 1. The molecule has 1 rings (SSSR count). The fraction of sp³-hybridized carbons (Fsp3) is 0.200. The number of phenolic OH excluding ortho intramolecular Hbond substituents is 1. The lowest BCUT2D eigenvalue weighted by molar-refractivity contribution is 0.332. The highest BCUT2D eigenvalue weighted by molar-refractivity contribution is 9.10. The summed E-state index contributed by atoms with van der Waals surface area (Å²) in [4.78, 5) is 0. The first kappa shape index (κ1) is 11.6. The zero-order chi connectivity index (χ0) is 10.7. The van der Waals surface area contributed by atoms with Crippen LogP contribution in [0.15, 0.2) is 22.2 Å². The maximum Gasteiger partial charge on any atom is 0.141 e. The lowest BCUT2D eigenvalue weighted by atomic mass is 10.1. The van der Waals surface area contributed by atoms with Gasteiger partial charge in [0, 0.05) is 10.0 Å². The third-order valence-corrected chi connectivity index (χ3v) is 2.45. The van der Waals surface area contributed by atoms with Gasteiger partial charge in [0.2, 0.25) is 0 Å². The molecule has 14 heavy (non-hydrogen) atoms. The first-order valence-electron chi connectivity index (χ1n) is 4.00. The van der Waals surface area contributed by atoms with Crippen LogP contribution in [-0.4, -0.2) is 16.8 Å². The molecule has 0 saturated heterocycles. The number of benzene rings is 1. The Labute approximate surface area is 96.0 Å². The molecule has 0 unspecified atom stereocenters. The number of halogens is 2.